The van der Waals surface area contributed by atoms with Crippen molar-refractivity contribution in [3.63, 3.8) is 0 Å². The monoisotopic (exact) mass is 405 g/mol. The molecule has 1 aliphatic carbocycles. The molecule has 0 amide bonds. The molecule has 0 spiro atoms. The highest BCUT2D eigenvalue weighted by molar-refractivity contribution is 7.88. The van der Waals surface area contributed by atoms with Crippen LogP contribution < -0.4 is 15.4 Å². The number of nitrogens with zero attached hydrogens (tertiary/aromatic N) is 4. The zero-order valence-electron chi connectivity index (χ0n) is 16.1. The van der Waals surface area contributed by atoms with Gasteiger partial charge in [0, 0.05) is 31.4 Å². The third-order valence-electron chi connectivity index (χ3n) is 5.30. The maximum atomic E-state index is 11.4. The van der Waals surface area contributed by atoms with Gasteiger partial charge in [0.25, 0.3) is 0 Å². The van der Waals surface area contributed by atoms with E-state index in [0.29, 0.717) is 5.95 Å². The molecule has 0 saturated heterocycles. The molecule has 0 bridgehead atoms. The minimum absolute atomic E-state index is 0.0225. The molecule has 1 aliphatic heterocycles. The summed E-state index contributed by atoms with van der Waals surface area (Å²) >= 11 is 0. The molecule has 4 rings (SSSR count). The fraction of sp³-hybridized carbons (Fsp3) is 0.611. The van der Waals surface area contributed by atoms with E-state index in [4.69, 9.17) is 4.98 Å². The van der Waals surface area contributed by atoms with Crippen molar-refractivity contribution in [1.82, 2.24) is 24.5 Å². The van der Waals surface area contributed by atoms with Gasteiger partial charge in [-0.15, -0.1) is 0 Å². The summed E-state index contributed by atoms with van der Waals surface area (Å²) in [7, 11) is -3.15. The van der Waals surface area contributed by atoms with Gasteiger partial charge < -0.3 is 10.6 Å². The standard InChI is InChI=1S/C18H27N7O2S/c1-28(26,27)24-14-6-4-13(5-7-14)22-18-20-10-8-16(23-18)15-12-21-25-11-3-2-9-19-17(15)25/h8,10,12-14,19,24H,2-7,9,11H2,1H3,(H,20,22,23). The fourth-order valence-corrected chi connectivity index (χ4v) is 4.78. The number of rotatable bonds is 5. The highest BCUT2D eigenvalue weighted by Crippen LogP contribution is 2.29. The molecule has 3 N–H and O–H groups in total. The van der Waals surface area contributed by atoms with E-state index < -0.39 is 10.0 Å². The van der Waals surface area contributed by atoms with Gasteiger partial charge in [-0.05, 0) is 44.6 Å². The van der Waals surface area contributed by atoms with Gasteiger partial charge in [-0.1, -0.05) is 0 Å². The van der Waals surface area contributed by atoms with Crippen LogP contribution in [0.1, 0.15) is 38.5 Å². The first-order valence-electron chi connectivity index (χ1n) is 9.85. The molecule has 1 saturated carbocycles. The molecule has 10 heteroatoms. The Morgan fingerprint density at radius 1 is 1.18 bits per heavy atom. The molecule has 0 unspecified atom stereocenters. The smallest absolute Gasteiger partial charge is 0.223 e. The average molecular weight is 406 g/mol. The number of aryl methyl sites for hydroxylation is 1. The Morgan fingerprint density at radius 2 is 1.96 bits per heavy atom. The fourth-order valence-electron chi connectivity index (χ4n) is 3.94. The van der Waals surface area contributed by atoms with Crippen LogP contribution in [0.4, 0.5) is 11.8 Å². The Hall–Kier alpha value is -2.20. The Bertz CT molecular complexity index is 920. The Morgan fingerprint density at radius 3 is 2.75 bits per heavy atom. The molecular weight excluding hydrogens is 378 g/mol. The quantitative estimate of drug-likeness (QED) is 0.695. The second-order valence-electron chi connectivity index (χ2n) is 7.61. The Labute approximate surface area is 165 Å². The van der Waals surface area contributed by atoms with Crippen molar-refractivity contribution in [3.8, 4) is 11.3 Å². The van der Waals surface area contributed by atoms with Gasteiger partial charge in [0.15, 0.2) is 0 Å². The molecule has 9 nitrogen and oxygen atoms in total. The number of anilines is 2. The van der Waals surface area contributed by atoms with Gasteiger partial charge in [-0.3, -0.25) is 0 Å². The van der Waals surface area contributed by atoms with Gasteiger partial charge >= 0.3 is 0 Å². The second kappa shape index (κ2) is 8.04. The largest absolute Gasteiger partial charge is 0.370 e. The van der Waals surface area contributed by atoms with Gasteiger partial charge in [0.1, 0.15) is 5.82 Å². The van der Waals surface area contributed by atoms with Crippen molar-refractivity contribution in [1.29, 1.82) is 0 Å². The molecule has 28 heavy (non-hydrogen) atoms. The number of hydrogen-bond donors (Lipinski definition) is 3. The number of aromatic nitrogens is 4. The number of fused-ring (bicyclic) bond motifs is 1. The summed E-state index contributed by atoms with van der Waals surface area (Å²) in [4.78, 5) is 9.07. The van der Waals surface area contributed by atoms with E-state index in [1.165, 1.54) is 6.26 Å². The molecule has 2 aliphatic rings. The lowest BCUT2D eigenvalue weighted by Crippen LogP contribution is -2.39. The van der Waals surface area contributed by atoms with Crippen molar-refractivity contribution in [2.24, 2.45) is 0 Å². The summed E-state index contributed by atoms with van der Waals surface area (Å²) in [5, 5.41) is 11.4. The van der Waals surface area contributed by atoms with Crippen LogP contribution in [0.5, 0.6) is 0 Å². The van der Waals surface area contributed by atoms with E-state index in [2.05, 4.69) is 25.4 Å². The topological polar surface area (TPSA) is 114 Å². The summed E-state index contributed by atoms with van der Waals surface area (Å²) in [6.45, 7) is 1.86. The number of nitrogens with one attached hydrogen (secondary N) is 3. The lowest BCUT2D eigenvalue weighted by atomic mass is 9.92. The molecule has 0 atom stereocenters. The SMILES string of the molecule is CS(=O)(=O)NC1CCC(Nc2nccc(-c3cnn4c3NCCCC4)n2)CC1. The van der Waals surface area contributed by atoms with E-state index in [-0.39, 0.29) is 12.1 Å². The maximum Gasteiger partial charge on any atom is 0.223 e. The van der Waals surface area contributed by atoms with Crippen LogP contribution in [0.25, 0.3) is 11.3 Å². The van der Waals surface area contributed by atoms with E-state index in [1.54, 1.807) is 6.20 Å². The van der Waals surface area contributed by atoms with Crippen LogP contribution in [0, 0.1) is 0 Å². The normalized spacial score (nSPS) is 22.8. The molecule has 2 aromatic heterocycles. The summed E-state index contributed by atoms with van der Waals surface area (Å²) in [6.07, 6.45) is 10.5. The van der Waals surface area contributed by atoms with E-state index in [0.717, 1.165) is 68.7 Å². The zero-order valence-corrected chi connectivity index (χ0v) is 16.9. The molecule has 0 aromatic carbocycles. The van der Waals surface area contributed by atoms with Crippen LogP contribution in [-0.4, -0.2) is 53.1 Å². The molecule has 3 heterocycles. The molecule has 152 valence electrons. The van der Waals surface area contributed by atoms with Crippen molar-refractivity contribution in [2.75, 3.05) is 23.4 Å². The van der Waals surface area contributed by atoms with Gasteiger partial charge in [0.2, 0.25) is 16.0 Å². The molecule has 0 radical (unpaired) electrons. The molecular formula is C18H27N7O2S. The minimum Gasteiger partial charge on any atom is -0.370 e. The minimum atomic E-state index is -3.15. The first-order chi connectivity index (χ1) is 13.5. The van der Waals surface area contributed by atoms with Crippen molar-refractivity contribution in [2.45, 2.75) is 57.2 Å². The Kier molecular flexibility index (Phi) is 5.49. The van der Waals surface area contributed by atoms with E-state index in [9.17, 15) is 8.42 Å². The van der Waals surface area contributed by atoms with Crippen LogP contribution in [-0.2, 0) is 16.6 Å². The second-order valence-corrected chi connectivity index (χ2v) is 9.39. The lowest BCUT2D eigenvalue weighted by Gasteiger charge is -2.29. The highest BCUT2D eigenvalue weighted by atomic mass is 32.2. The Balaban J connectivity index is 1.42. The predicted octanol–water partition coefficient (Wildman–Crippen LogP) is 1.82. The van der Waals surface area contributed by atoms with Crippen molar-refractivity contribution >= 4 is 21.8 Å². The third-order valence-corrected chi connectivity index (χ3v) is 6.06. The van der Waals surface area contributed by atoms with Crippen LogP contribution >= 0.6 is 0 Å². The zero-order chi connectivity index (χ0) is 19.6. The summed E-state index contributed by atoms with van der Waals surface area (Å²) in [5.74, 6) is 1.63. The molecule has 2 aromatic rings. The predicted molar refractivity (Wildman–Crippen MR) is 109 cm³/mol. The molecule has 1 fully saturated rings. The maximum absolute atomic E-state index is 11.4. The van der Waals surface area contributed by atoms with Crippen LogP contribution in [0.15, 0.2) is 18.5 Å². The van der Waals surface area contributed by atoms with Gasteiger partial charge in [-0.25, -0.2) is 27.8 Å². The van der Waals surface area contributed by atoms with E-state index in [1.807, 2.05) is 16.9 Å². The number of hydrogen-bond acceptors (Lipinski definition) is 7. The van der Waals surface area contributed by atoms with Crippen LogP contribution in [0.3, 0.4) is 0 Å². The number of sulfonamides is 1. The first kappa shape index (κ1) is 19.1. The van der Waals surface area contributed by atoms with Crippen molar-refractivity contribution in [3.05, 3.63) is 18.5 Å². The highest BCUT2D eigenvalue weighted by Gasteiger charge is 2.24. The summed E-state index contributed by atoms with van der Waals surface area (Å²) in [6, 6.07) is 2.17. The third kappa shape index (κ3) is 4.61. The van der Waals surface area contributed by atoms with E-state index >= 15 is 0 Å². The van der Waals surface area contributed by atoms with Crippen molar-refractivity contribution < 1.29 is 8.42 Å². The van der Waals surface area contributed by atoms with Gasteiger partial charge in [-0.2, -0.15) is 5.10 Å². The van der Waals surface area contributed by atoms with Gasteiger partial charge in [0.05, 0.1) is 23.7 Å². The average Bonchev–Trinajstić information content (AvgIpc) is 2.91. The summed E-state index contributed by atoms with van der Waals surface area (Å²) in [5.41, 5.74) is 1.84. The lowest BCUT2D eigenvalue weighted by molar-refractivity contribution is 0.387. The first-order valence-corrected chi connectivity index (χ1v) is 11.7. The summed E-state index contributed by atoms with van der Waals surface area (Å²) < 4.78 is 27.5. The van der Waals surface area contributed by atoms with Crippen LogP contribution in [0.2, 0.25) is 0 Å².